The molecule has 0 radical (unpaired) electrons. The minimum Gasteiger partial charge on any atom is -0.356 e. The predicted molar refractivity (Wildman–Crippen MR) is 81.2 cm³/mol. The Morgan fingerprint density at radius 1 is 1.45 bits per heavy atom. The number of hydrogen-bond acceptors (Lipinski definition) is 3. The zero-order chi connectivity index (χ0) is 14.7. The Bertz CT molecular complexity index is 666. The summed E-state index contributed by atoms with van der Waals surface area (Å²) < 4.78 is 4.42. The lowest BCUT2D eigenvalue weighted by Crippen LogP contribution is -2.25. The molecule has 7 heteroatoms. The summed E-state index contributed by atoms with van der Waals surface area (Å²) in [4.78, 5) is 14.9. The standard InChI is InChI=1S/C13H21N5OS/c1-4-7-14-10(19)6-8-18-12-11(15-13(18)20)9(5-2)16-17(12)3/h4-8H2,1-3H3,(H,14,19)(H,15,20). The van der Waals surface area contributed by atoms with Gasteiger partial charge in [-0.2, -0.15) is 5.10 Å². The number of fused-ring (bicyclic) bond motifs is 1. The van der Waals surface area contributed by atoms with Gasteiger partial charge in [-0.1, -0.05) is 13.8 Å². The average Bonchev–Trinajstić information content (AvgIpc) is 2.91. The van der Waals surface area contributed by atoms with Crippen molar-refractivity contribution in [1.82, 2.24) is 24.6 Å². The Kier molecular flexibility index (Phi) is 4.59. The van der Waals surface area contributed by atoms with Gasteiger partial charge in [-0.05, 0) is 25.1 Å². The molecule has 0 atom stereocenters. The van der Waals surface area contributed by atoms with E-state index in [1.807, 2.05) is 23.2 Å². The van der Waals surface area contributed by atoms with Gasteiger partial charge in [0.1, 0.15) is 5.52 Å². The maximum atomic E-state index is 11.7. The van der Waals surface area contributed by atoms with Gasteiger partial charge in [0, 0.05) is 26.6 Å². The summed E-state index contributed by atoms with van der Waals surface area (Å²) in [5.41, 5.74) is 2.94. The maximum absolute atomic E-state index is 11.7. The molecular formula is C13H21N5OS. The summed E-state index contributed by atoms with van der Waals surface area (Å²) in [6.07, 6.45) is 2.22. The van der Waals surface area contributed by atoms with Crippen molar-refractivity contribution in [1.29, 1.82) is 0 Å². The highest BCUT2D eigenvalue weighted by atomic mass is 32.1. The Morgan fingerprint density at radius 3 is 2.85 bits per heavy atom. The quantitative estimate of drug-likeness (QED) is 0.800. The highest BCUT2D eigenvalue weighted by Crippen LogP contribution is 2.18. The van der Waals surface area contributed by atoms with E-state index in [2.05, 4.69) is 22.3 Å². The molecule has 2 heterocycles. The SMILES string of the molecule is CCCNC(=O)CCn1c(=S)[nH]c2c(CC)nn(C)c21. The lowest BCUT2D eigenvalue weighted by molar-refractivity contribution is -0.121. The molecule has 2 rings (SSSR count). The highest BCUT2D eigenvalue weighted by molar-refractivity contribution is 7.71. The zero-order valence-electron chi connectivity index (χ0n) is 12.2. The van der Waals surface area contributed by atoms with Crippen LogP contribution >= 0.6 is 12.2 Å². The number of nitrogens with one attached hydrogen (secondary N) is 2. The average molecular weight is 295 g/mol. The van der Waals surface area contributed by atoms with E-state index in [0.717, 1.165) is 36.2 Å². The molecule has 6 nitrogen and oxygen atoms in total. The molecule has 0 fully saturated rings. The first-order chi connectivity index (χ1) is 9.58. The van der Waals surface area contributed by atoms with Crippen LogP contribution in [0.25, 0.3) is 11.2 Å². The monoisotopic (exact) mass is 295 g/mol. The molecule has 20 heavy (non-hydrogen) atoms. The molecule has 0 bridgehead atoms. The third-order valence-electron chi connectivity index (χ3n) is 3.29. The van der Waals surface area contributed by atoms with Gasteiger partial charge in [0.05, 0.1) is 5.69 Å². The van der Waals surface area contributed by atoms with Crippen molar-refractivity contribution in [2.24, 2.45) is 7.05 Å². The number of aryl methyl sites for hydroxylation is 3. The molecule has 0 aromatic carbocycles. The van der Waals surface area contributed by atoms with E-state index in [9.17, 15) is 4.79 Å². The van der Waals surface area contributed by atoms with Gasteiger partial charge in [-0.3, -0.25) is 9.48 Å². The first kappa shape index (κ1) is 14.8. The second-order valence-corrected chi connectivity index (χ2v) is 5.19. The van der Waals surface area contributed by atoms with E-state index in [4.69, 9.17) is 12.2 Å². The molecular weight excluding hydrogens is 274 g/mol. The van der Waals surface area contributed by atoms with Gasteiger partial charge in [0.15, 0.2) is 10.4 Å². The topological polar surface area (TPSA) is 67.6 Å². The number of carbonyl (C=O) groups excluding carboxylic acids is 1. The number of imidazole rings is 1. The van der Waals surface area contributed by atoms with Crippen molar-refractivity contribution in [2.75, 3.05) is 6.54 Å². The molecule has 0 aliphatic carbocycles. The van der Waals surface area contributed by atoms with Crippen LogP contribution < -0.4 is 5.32 Å². The molecule has 2 aromatic heterocycles. The third-order valence-corrected chi connectivity index (χ3v) is 3.61. The van der Waals surface area contributed by atoms with Crippen LogP contribution in [-0.4, -0.2) is 31.8 Å². The van der Waals surface area contributed by atoms with E-state index in [1.165, 1.54) is 0 Å². The van der Waals surface area contributed by atoms with Gasteiger partial charge >= 0.3 is 0 Å². The summed E-state index contributed by atoms with van der Waals surface area (Å²) in [5, 5.41) is 7.34. The first-order valence-corrected chi connectivity index (χ1v) is 7.40. The third kappa shape index (κ3) is 2.77. The van der Waals surface area contributed by atoms with E-state index in [-0.39, 0.29) is 5.91 Å². The number of carbonyl (C=O) groups is 1. The van der Waals surface area contributed by atoms with E-state index >= 15 is 0 Å². The number of aromatic nitrogens is 4. The Morgan fingerprint density at radius 2 is 2.20 bits per heavy atom. The summed E-state index contributed by atoms with van der Waals surface area (Å²) >= 11 is 5.35. The lowest BCUT2D eigenvalue weighted by atomic mass is 10.3. The van der Waals surface area contributed by atoms with E-state index in [0.29, 0.717) is 17.7 Å². The summed E-state index contributed by atoms with van der Waals surface area (Å²) in [6, 6.07) is 0. The molecule has 2 N–H and O–H groups in total. The van der Waals surface area contributed by atoms with Crippen LogP contribution in [0.5, 0.6) is 0 Å². The van der Waals surface area contributed by atoms with Gasteiger partial charge in [0.25, 0.3) is 0 Å². The smallest absolute Gasteiger partial charge is 0.221 e. The van der Waals surface area contributed by atoms with Crippen LogP contribution in [0.1, 0.15) is 32.4 Å². The molecule has 0 unspecified atom stereocenters. The molecule has 110 valence electrons. The second-order valence-electron chi connectivity index (χ2n) is 4.80. The molecule has 0 aliphatic rings. The molecule has 0 spiro atoms. The molecule has 0 saturated heterocycles. The number of nitrogens with zero attached hydrogens (tertiary/aromatic N) is 3. The van der Waals surface area contributed by atoms with E-state index < -0.39 is 0 Å². The summed E-state index contributed by atoms with van der Waals surface area (Å²) in [6.45, 7) is 5.39. The van der Waals surface area contributed by atoms with Crippen molar-refractivity contribution in [3.05, 3.63) is 10.5 Å². The molecule has 0 aliphatic heterocycles. The number of aromatic amines is 1. The Hall–Kier alpha value is -1.63. The van der Waals surface area contributed by atoms with Crippen LogP contribution in [0.3, 0.4) is 0 Å². The van der Waals surface area contributed by atoms with Crippen LogP contribution in [0.4, 0.5) is 0 Å². The summed E-state index contributed by atoms with van der Waals surface area (Å²) in [5.74, 6) is 0.0565. The second kappa shape index (κ2) is 6.21. The van der Waals surface area contributed by atoms with Crippen LogP contribution in [0.15, 0.2) is 0 Å². The van der Waals surface area contributed by atoms with Gasteiger partial charge in [-0.25, -0.2) is 0 Å². The van der Waals surface area contributed by atoms with Crippen LogP contribution in [0.2, 0.25) is 0 Å². The Labute approximate surface area is 123 Å². The van der Waals surface area contributed by atoms with Crippen molar-refractivity contribution < 1.29 is 4.79 Å². The van der Waals surface area contributed by atoms with Crippen molar-refractivity contribution in [3.8, 4) is 0 Å². The highest BCUT2D eigenvalue weighted by Gasteiger charge is 2.14. The fourth-order valence-electron chi connectivity index (χ4n) is 2.30. The number of H-pyrrole nitrogens is 1. The van der Waals surface area contributed by atoms with Gasteiger partial charge < -0.3 is 14.9 Å². The van der Waals surface area contributed by atoms with Crippen LogP contribution in [-0.2, 0) is 24.8 Å². The fraction of sp³-hybridized carbons (Fsp3) is 0.615. The van der Waals surface area contributed by atoms with Gasteiger partial charge in [0.2, 0.25) is 5.91 Å². The fourth-order valence-corrected chi connectivity index (χ4v) is 2.58. The van der Waals surface area contributed by atoms with E-state index in [1.54, 1.807) is 0 Å². The number of amides is 1. The lowest BCUT2D eigenvalue weighted by Gasteiger charge is -2.05. The maximum Gasteiger partial charge on any atom is 0.221 e. The largest absolute Gasteiger partial charge is 0.356 e. The predicted octanol–water partition coefficient (Wildman–Crippen LogP) is 1.91. The van der Waals surface area contributed by atoms with Crippen molar-refractivity contribution >= 4 is 29.3 Å². The minimum absolute atomic E-state index is 0.0565. The van der Waals surface area contributed by atoms with Crippen molar-refractivity contribution in [3.63, 3.8) is 0 Å². The Balaban J connectivity index is 2.22. The normalized spacial score (nSPS) is 11.2. The molecule has 1 amide bonds. The molecule has 0 saturated carbocycles. The van der Waals surface area contributed by atoms with Crippen LogP contribution in [0, 0.1) is 4.77 Å². The molecule has 2 aromatic rings. The first-order valence-electron chi connectivity index (χ1n) is 6.99. The number of hydrogen-bond donors (Lipinski definition) is 2. The van der Waals surface area contributed by atoms with Crippen molar-refractivity contribution in [2.45, 2.75) is 39.7 Å². The number of rotatable bonds is 6. The minimum atomic E-state index is 0.0565. The zero-order valence-corrected chi connectivity index (χ0v) is 13.0. The summed E-state index contributed by atoms with van der Waals surface area (Å²) in [7, 11) is 1.90. The van der Waals surface area contributed by atoms with Gasteiger partial charge in [-0.15, -0.1) is 0 Å².